The average Bonchev–Trinajstić information content (AvgIpc) is 2.74. The summed E-state index contributed by atoms with van der Waals surface area (Å²) in [5.41, 5.74) is 6.63. The van der Waals surface area contributed by atoms with Crippen molar-refractivity contribution >= 4 is 17.9 Å². The van der Waals surface area contributed by atoms with E-state index in [0.29, 0.717) is 18.8 Å². The lowest BCUT2D eigenvalue weighted by atomic mass is 9.87. The van der Waals surface area contributed by atoms with Crippen molar-refractivity contribution in [2.75, 3.05) is 13.1 Å². The number of carbonyl (C=O) groups is 1. The zero-order chi connectivity index (χ0) is 22.7. The molecule has 0 bridgehead atoms. The first-order valence-corrected chi connectivity index (χ1v) is 10.8. The minimum Gasteiger partial charge on any atom is -0.480 e. The number of hydrogen-bond acceptors (Lipinski definition) is 5. The van der Waals surface area contributed by atoms with Crippen LogP contribution in [0.4, 0.5) is 8.78 Å². The monoisotopic (exact) mass is 456 g/mol. The van der Waals surface area contributed by atoms with E-state index in [0.717, 1.165) is 16.0 Å². The van der Waals surface area contributed by atoms with E-state index in [2.05, 4.69) is 4.31 Å². The molecule has 1 unspecified atom stereocenters. The quantitative estimate of drug-likeness (QED) is 0.495. The van der Waals surface area contributed by atoms with Gasteiger partial charge in [0.25, 0.3) is 0 Å². The van der Waals surface area contributed by atoms with Gasteiger partial charge in [0.1, 0.15) is 23.4 Å². The van der Waals surface area contributed by atoms with Gasteiger partial charge in [0, 0.05) is 4.90 Å². The van der Waals surface area contributed by atoms with Crippen LogP contribution in [0.15, 0.2) is 77.7 Å². The Morgan fingerprint density at radius 2 is 1.69 bits per heavy atom. The molecule has 0 aliphatic carbocycles. The van der Waals surface area contributed by atoms with Crippen molar-refractivity contribution in [3.05, 3.63) is 95.6 Å². The number of ether oxygens (including phenoxy) is 1. The molecule has 3 aromatic carbocycles. The molecule has 1 atom stereocenters. The van der Waals surface area contributed by atoms with Crippen molar-refractivity contribution in [3.8, 4) is 5.75 Å². The van der Waals surface area contributed by atoms with Gasteiger partial charge in [-0.05, 0) is 78.0 Å². The van der Waals surface area contributed by atoms with Gasteiger partial charge in [0.2, 0.25) is 0 Å². The Balaban J connectivity index is 1.48. The van der Waals surface area contributed by atoms with Gasteiger partial charge in [-0.25, -0.2) is 13.1 Å². The molecule has 0 radical (unpaired) electrons. The zero-order valence-electron chi connectivity index (χ0n) is 17.1. The van der Waals surface area contributed by atoms with Gasteiger partial charge in [0.05, 0.1) is 13.1 Å². The SMILES string of the molecule is NC(Cc1cccc(SN2CC(Oc3ccc(F)cc3)(c3ccc(F)cc3)C2)c1)C(=O)O. The number of carboxylic acids is 1. The molecular weight excluding hydrogens is 434 g/mol. The smallest absolute Gasteiger partial charge is 0.320 e. The summed E-state index contributed by atoms with van der Waals surface area (Å²) in [5.74, 6) is -1.17. The normalized spacial score (nSPS) is 16.2. The van der Waals surface area contributed by atoms with Crippen molar-refractivity contribution < 1.29 is 23.4 Å². The third-order valence-corrected chi connectivity index (χ3v) is 6.25. The largest absolute Gasteiger partial charge is 0.480 e. The van der Waals surface area contributed by atoms with E-state index in [1.54, 1.807) is 24.3 Å². The number of hydrogen-bond donors (Lipinski definition) is 2. The Labute approximate surface area is 188 Å². The summed E-state index contributed by atoms with van der Waals surface area (Å²) in [5, 5.41) is 9.03. The lowest BCUT2D eigenvalue weighted by molar-refractivity contribution is -0.138. The molecule has 166 valence electrons. The Morgan fingerprint density at radius 1 is 1.06 bits per heavy atom. The van der Waals surface area contributed by atoms with Crippen molar-refractivity contribution in [2.24, 2.45) is 5.73 Å². The highest BCUT2D eigenvalue weighted by atomic mass is 32.2. The Hall–Kier alpha value is -2.94. The molecule has 5 nitrogen and oxygen atoms in total. The van der Waals surface area contributed by atoms with E-state index in [9.17, 15) is 13.6 Å². The molecule has 1 saturated heterocycles. The minimum absolute atomic E-state index is 0.247. The number of nitrogens with zero attached hydrogens (tertiary/aromatic N) is 1. The summed E-state index contributed by atoms with van der Waals surface area (Å²) in [4.78, 5) is 12.0. The predicted octanol–water partition coefficient (Wildman–Crippen LogP) is 4.22. The molecule has 1 aliphatic heterocycles. The predicted molar refractivity (Wildman–Crippen MR) is 118 cm³/mol. The van der Waals surface area contributed by atoms with Crippen LogP contribution in [-0.4, -0.2) is 34.5 Å². The van der Waals surface area contributed by atoms with Gasteiger partial charge < -0.3 is 15.6 Å². The van der Waals surface area contributed by atoms with Crippen molar-refractivity contribution in [2.45, 2.75) is 23.0 Å². The highest BCUT2D eigenvalue weighted by Crippen LogP contribution is 2.42. The fourth-order valence-corrected chi connectivity index (χ4v) is 4.78. The summed E-state index contributed by atoms with van der Waals surface area (Å²) in [6.45, 7) is 1.05. The van der Waals surface area contributed by atoms with Crippen LogP contribution in [0.3, 0.4) is 0 Å². The molecule has 32 heavy (non-hydrogen) atoms. The molecule has 1 fully saturated rings. The molecule has 0 saturated carbocycles. The number of aliphatic carboxylic acids is 1. The van der Waals surface area contributed by atoms with Gasteiger partial charge in [-0.3, -0.25) is 4.79 Å². The van der Waals surface area contributed by atoms with Gasteiger partial charge in [-0.15, -0.1) is 0 Å². The maximum absolute atomic E-state index is 13.5. The van der Waals surface area contributed by atoms with Crippen molar-refractivity contribution in [1.82, 2.24) is 4.31 Å². The molecule has 1 aliphatic rings. The molecule has 3 N–H and O–H groups in total. The minimum atomic E-state index is -1.03. The highest BCUT2D eigenvalue weighted by Gasteiger charge is 2.47. The molecule has 0 amide bonds. The first-order valence-electron chi connectivity index (χ1n) is 10.0. The van der Waals surface area contributed by atoms with Gasteiger partial charge >= 0.3 is 5.97 Å². The van der Waals surface area contributed by atoms with Crippen LogP contribution in [0.1, 0.15) is 11.1 Å². The van der Waals surface area contributed by atoms with E-state index in [-0.39, 0.29) is 18.1 Å². The Morgan fingerprint density at radius 3 is 2.31 bits per heavy atom. The fraction of sp³-hybridized carbons (Fsp3) is 0.208. The van der Waals surface area contributed by atoms with Crippen molar-refractivity contribution in [1.29, 1.82) is 0 Å². The average molecular weight is 457 g/mol. The lowest BCUT2D eigenvalue weighted by Crippen LogP contribution is -2.59. The van der Waals surface area contributed by atoms with E-state index >= 15 is 0 Å². The van der Waals surface area contributed by atoms with E-state index in [4.69, 9.17) is 15.6 Å². The second-order valence-corrected chi connectivity index (χ2v) is 8.91. The summed E-state index contributed by atoms with van der Waals surface area (Å²) in [6, 6.07) is 18.7. The van der Waals surface area contributed by atoms with Crippen LogP contribution >= 0.6 is 11.9 Å². The standard InChI is InChI=1S/C24H22F2N2O3S/c25-18-6-4-17(5-7-18)24(31-20-10-8-19(26)9-11-20)14-28(15-24)32-21-3-1-2-16(12-21)13-22(27)23(29)30/h1-12,22H,13-15,27H2,(H,29,30). The van der Waals surface area contributed by atoms with Crippen molar-refractivity contribution in [3.63, 3.8) is 0 Å². The van der Waals surface area contributed by atoms with Gasteiger partial charge in [0.15, 0.2) is 5.60 Å². The zero-order valence-corrected chi connectivity index (χ0v) is 17.9. The van der Waals surface area contributed by atoms with Gasteiger partial charge in [-0.2, -0.15) is 0 Å². The number of rotatable bonds is 8. The van der Waals surface area contributed by atoms with Crippen LogP contribution in [0.25, 0.3) is 0 Å². The topological polar surface area (TPSA) is 75.8 Å². The van der Waals surface area contributed by atoms with E-state index in [1.807, 2.05) is 24.3 Å². The molecule has 1 heterocycles. The number of carboxylic acid groups (broad SMARTS) is 1. The Bertz CT molecular complexity index is 1090. The maximum atomic E-state index is 13.5. The second-order valence-electron chi connectivity index (χ2n) is 7.74. The van der Waals surface area contributed by atoms with E-state index in [1.165, 1.54) is 36.2 Å². The first kappa shape index (κ1) is 22.3. The number of nitrogens with two attached hydrogens (primary N) is 1. The van der Waals surface area contributed by atoms with Crippen LogP contribution in [0.2, 0.25) is 0 Å². The van der Waals surface area contributed by atoms with Crippen LogP contribution < -0.4 is 10.5 Å². The molecule has 3 aromatic rings. The second kappa shape index (κ2) is 9.28. The maximum Gasteiger partial charge on any atom is 0.320 e. The van der Waals surface area contributed by atoms with Crippen LogP contribution in [0.5, 0.6) is 5.75 Å². The third-order valence-electron chi connectivity index (χ3n) is 5.27. The lowest BCUT2D eigenvalue weighted by Gasteiger charge is -2.49. The molecule has 0 aromatic heterocycles. The van der Waals surface area contributed by atoms with E-state index < -0.39 is 17.6 Å². The molecule has 0 spiro atoms. The molecular formula is C24H22F2N2O3S. The summed E-state index contributed by atoms with van der Waals surface area (Å²) < 4.78 is 35.1. The summed E-state index contributed by atoms with van der Waals surface area (Å²) >= 11 is 1.52. The van der Waals surface area contributed by atoms with Crippen LogP contribution in [-0.2, 0) is 16.8 Å². The molecule has 8 heteroatoms. The number of halogens is 2. The third kappa shape index (κ3) is 5.09. The summed E-state index contributed by atoms with van der Waals surface area (Å²) in [7, 11) is 0. The summed E-state index contributed by atoms with van der Waals surface area (Å²) in [6.07, 6.45) is 0.247. The molecule has 4 rings (SSSR count). The highest BCUT2D eigenvalue weighted by molar-refractivity contribution is 7.97. The first-order chi connectivity index (χ1) is 15.3. The Kier molecular flexibility index (Phi) is 6.45. The fourth-order valence-electron chi connectivity index (χ4n) is 3.60. The number of benzene rings is 3. The van der Waals surface area contributed by atoms with Gasteiger partial charge in [-0.1, -0.05) is 24.3 Å². The van der Waals surface area contributed by atoms with Crippen LogP contribution in [0, 0.1) is 11.6 Å².